The van der Waals surface area contributed by atoms with Gasteiger partial charge in [-0.3, -0.25) is 9.69 Å². The summed E-state index contributed by atoms with van der Waals surface area (Å²) >= 11 is 0. The molecule has 0 bridgehead atoms. The molecule has 150 valence electrons. The monoisotopic (exact) mass is 390 g/mol. The topological polar surface area (TPSA) is 86.3 Å². The first kappa shape index (κ1) is 18.2. The molecule has 2 aliphatic heterocycles. The van der Waals surface area contributed by atoms with Crippen LogP contribution in [0.1, 0.15) is 60.2 Å². The van der Waals surface area contributed by atoms with E-state index >= 15 is 0 Å². The van der Waals surface area contributed by atoms with Gasteiger partial charge in [0.05, 0.1) is 18.0 Å². The third kappa shape index (κ3) is 3.62. The minimum atomic E-state index is -0.173. The molecule has 7 heteroatoms. The van der Waals surface area contributed by atoms with Crippen LogP contribution in [0.25, 0.3) is 6.08 Å². The Morgan fingerprint density at radius 1 is 1.07 bits per heavy atom. The molecule has 1 fully saturated rings. The van der Waals surface area contributed by atoms with E-state index in [2.05, 4.69) is 30.6 Å². The Morgan fingerprint density at radius 3 is 2.76 bits per heavy atom. The second-order valence-electron chi connectivity index (χ2n) is 8.11. The lowest BCUT2D eigenvalue weighted by Crippen LogP contribution is -2.29. The van der Waals surface area contributed by atoms with Gasteiger partial charge in [0.2, 0.25) is 0 Å². The zero-order valence-corrected chi connectivity index (χ0v) is 16.6. The van der Waals surface area contributed by atoms with E-state index < -0.39 is 0 Å². The maximum absolute atomic E-state index is 12.6. The third-order valence-electron chi connectivity index (χ3n) is 6.19. The molecule has 0 radical (unpaired) electrons. The fourth-order valence-electron chi connectivity index (χ4n) is 4.69. The van der Waals surface area contributed by atoms with Crippen molar-refractivity contribution < 1.29 is 4.79 Å². The fourth-order valence-corrected chi connectivity index (χ4v) is 4.69. The Balaban J connectivity index is 1.53. The van der Waals surface area contributed by atoms with Crippen LogP contribution in [0.3, 0.4) is 0 Å². The maximum atomic E-state index is 12.6. The molecule has 0 unspecified atom stereocenters. The molecule has 0 atom stereocenters. The number of carbonyl (C=O) groups is 1. The lowest BCUT2D eigenvalue weighted by molar-refractivity contribution is -0.116. The molecule has 0 aromatic carbocycles. The Hall–Kier alpha value is -2.80. The first-order chi connectivity index (χ1) is 14.3. The van der Waals surface area contributed by atoms with Crippen molar-refractivity contribution in [2.45, 2.75) is 51.5 Å². The Labute approximate surface area is 170 Å². The number of nitrogens with one attached hydrogen (secondary N) is 2. The van der Waals surface area contributed by atoms with Crippen LogP contribution in [0.4, 0.5) is 0 Å². The number of carbonyl (C=O) groups excluding carboxylic acids is 1. The van der Waals surface area contributed by atoms with Crippen LogP contribution < -0.4 is 5.43 Å². The highest BCUT2D eigenvalue weighted by atomic mass is 16.2. The van der Waals surface area contributed by atoms with Gasteiger partial charge in [0.15, 0.2) is 0 Å². The number of hydrazone groups is 1. The number of aryl methyl sites for hydroxylation is 1. The highest BCUT2D eigenvalue weighted by Crippen LogP contribution is 2.31. The Kier molecular flexibility index (Phi) is 4.97. The first-order valence-corrected chi connectivity index (χ1v) is 10.6. The number of likely N-dealkylation sites (tertiary alicyclic amines) is 1. The third-order valence-corrected chi connectivity index (χ3v) is 6.19. The van der Waals surface area contributed by atoms with Gasteiger partial charge < -0.3 is 4.98 Å². The molecule has 1 amide bonds. The highest BCUT2D eigenvalue weighted by molar-refractivity contribution is 6.33. The van der Waals surface area contributed by atoms with Gasteiger partial charge in [-0.05, 0) is 74.9 Å². The highest BCUT2D eigenvalue weighted by Gasteiger charge is 2.27. The number of hydrogen-bond acceptors (Lipinski definition) is 5. The Morgan fingerprint density at radius 2 is 1.93 bits per heavy atom. The summed E-state index contributed by atoms with van der Waals surface area (Å²) in [5, 5.41) is 12.0. The van der Waals surface area contributed by atoms with Crippen LogP contribution in [0.5, 0.6) is 0 Å². The van der Waals surface area contributed by atoms with E-state index in [4.69, 9.17) is 0 Å². The van der Waals surface area contributed by atoms with Crippen molar-refractivity contribution in [2.75, 3.05) is 13.1 Å². The van der Waals surface area contributed by atoms with Crippen LogP contribution >= 0.6 is 0 Å². The number of nitrogens with zero attached hydrogens (tertiary/aromatic N) is 4. The second kappa shape index (κ2) is 7.91. The predicted octanol–water partition coefficient (Wildman–Crippen LogP) is 2.59. The SMILES string of the molecule is O=C1NN=C(c2ccnnc2)C1=Cc1[nH]c2c(c1CN1CCCCC1)CCCC2. The second-order valence-corrected chi connectivity index (χ2v) is 8.11. The largest absolute Gasteiger partial charge is 0.358 e. The van der Waals surface area contributed by atoms with Crippen LogP contribution in [-0.4, -0.2) is 44.8 Å². The maximum Gasteiger partial charge on any atom is 0.273 e. The average molecular weight is 390 g/mol. The van der Waals surface area contributed by atoms with Crippen molar-refractivity contribution in [1.82, 2.24) is 25.5 Å². The van der Waals surface area contributed by atoms with E-state index in [0.29, 0.717) is 11.3 Å². The van der Waals surface area contributed by atoms with E-state index in [1.165, 1.54) is 48.9 Å². The van der Waals surface area contributed by atoms with Gasteiger partial charge in [-0.25, -0.2) is 5.43 Å². The summed E-state index contributed by atoms with van der Waals surface area (Å²) in [5.74, 6) is -0.173. The predicted molar refractivity (Wildman–Crippen MR) is 111 cm³/mol. The van der Waals surface area contributed by atoms with Crippen LogP contribution in [0.15, 0.2) is 29.1 Å². The quantitative estimate of drug-likeness (QED) is 0.786. The number of amides is 1. The Bertz CT molecular complexity index is 969. The molecular weight excluding hydrogens is 364 g/mol. The molecule has 1 saturated heterocycles. The normalized spacial score (nSPS) is 21.2. The minimum Gasteiger partial charge on any atom is -0.358 e. The standard InChI is InChI=1S/C22H26N6O/c29-22-17(21(26-27-22)15-8-9-23-24-13-15)12-20-18(14-28-10-4-1-5-11-28)16-6-2-3-7-19(16)25-20/h8-9,12-13,25H,1-7,10-11,14H2,(H,27,29). The van der Waals surface area contributed by atoms with Gasteiger partial charge in [0, 0.05) is 23.5 Å². The molecular formula is C22H26N6O. The van der Waals surface area contributed by atoms with Crippen molar-refractivity contribution in [3.63, 3.8) is 0 Å². The molecule has 2 aromatic rings. The van der Waals surface area contributed by atoms with Crippen molar-refractivity contribution in [3.8, 4) is 0 Å². The molecule has 3 aliphatic rings. The number of aromatic nitrogens is 3. The van der Waals surface area contributed by atoms with Crippen LogP contribution in [-0.2, 0) is 24.2 Å². The summed E-state index contributed by atoms with van der Waals surface area (Å²) in [7, 11) is 0. The lowest BCUT2D eigenvalue weighted by atomic mass is 9.93. The summed E-state index contributed by atoms with van der Waals surface area (Å²) in [5.41, 5.74) is 9.84. The number of H-pyrrole nitrogens is 1. The molecule has 2 N–H and O–H groups in total. The van der Waals surface area contributed by atoms with E-state index in [-0.39, 0.29) is 5.91 Å². The minimum absolute atomic E-state index is 0.173. The number of hydrogen-bond donors (Lipinski definition) is 2. The van der Waals surface area contributed by atoms with Gasteiger partial charge in [0.1, 0.15) is 5.71 Å². The van der Waals surface area contributed by atoms with Gasteiger partial charge in [-0.1, -0.05) is 6.42 Å². The molecule has 0 saturated carbocycles. The van der Waals surface area contributed by atoms with E-state index in [9.17, 15) is 4.79 Å². The van der Waals surface area contributed by atoms with E-state index in [0.717, 1.165) is 43.7 Å². The number of piperidine rings is 1. The number of fused-ring (bicyclic) bond motifs is 1. The fraction of sp³-hybridized carbons (Fsp3) is 0.455. The molecule has 7 nitrogen and oxygen atoms in total. The summed E-state index contributed by atoms with van der Waals surface area (Å²) in [4.78, 5) is 18.8. The van der Waals surface area contributed by atoms with Crippen molar-refractivity contribution >= 4 is 17.7 Å². The molecule has 1 aliphatic carbocycles. The van der Waals surface area contributed by atoms with Crippen molar-refractivity contribution in [2.24, 2.45) is 5.10 Å². The molecule has 29 heavy (non-hydrogen) atoms. The summed E-state index contributed by atoms with van der Waals surface area (Å²) in [6.07, 6.45) is 13.8. The molecule has 0 spiro atoms. The average Bonchev–Trinajstić information content (AvgIpc) is 3.30. The zero-order chi connectivity index (χ0) is 19.6. The van der Waals surface area contributed by atoms with Crippen molar-refractivity contribution in [1.29, 1.82) is 0 Å². The van der Waals surface area contributed by atoms with Gasteiger partial charge in [-0.2, -0.15) is 15.3 Å². The van der Waals surface area contributed by atoms with E-state index in [1.54, 1.807) is 12.4 Å². The van der Waals surface area contributed by atoms with Crippen molar-refractivity contribution in [3.05, 3.63) is 52.1 Å². The van der Waals surface area contributed by atoms with Crippen LogP contribution in [0.2, 0.25) is 0 Å². The molecule has 2 aromatic heterocycles. The summed E-state index contributed by atoms with van der Waals surface area (Å²) in [6.45, 7) is 3.27. The number of aromatic amines is 1. The van der Waals surface area contributed by atoms with E-state index in [1.807, 2.05) is 12.1 Å². The summed E-state index contributed by atoms with van der Waals surface area (Å²) in [6, 6.07) is 1.83. The first-order valence-electron chi connectivity index (χ1n) is 10.6. The zero-order valence-electron chi connectivity index (χ0n) is 16.6. The lowest BCUT2D eigenvalue weighted by Gasteiger charge is -2.27. The smallest absolute Gasteiger partial charge is 0.273 e. The van der Waals surface area contributed by atoms with Gasteiger partial charge in [0.25, 0.3) is 5.91 Å². The molecule has 5 rings (SSSR count). The summed E-state index contributed by atoms with van der Waals surface area (Å²) < 4.78 is 0. The van der Waals surface area contributed by atoms with Gasteiger partial charge in [-0.15, -0.1) is 0 Å². The molecule has 4 heterocycles. The van der Waals surface area contributed by atoms with Gasteiger partial charge >= 0.3 is 0 Å². The number of rotatable bonds is 4. The van der Waals surface area contributed by atoms with Crippen LogP contribution in [0, 0.1) is 0 Å².